The highest BCUT2D eigenvalue weighted by Gasteiger charge is 2.15. The number of methoxy groups -OCH3 is 4. The van der Waals surface area contributed by atoms with E-state index in [1.165, 1.54) is 21.9 Å². The largest absolute Gasteiger partial charge is 0.493 e. The second kappa shape index (κ2) is 24.4. The standard InChI is InChI=1S/C27H28N6O2.C20H19ClN4O2.C7H10N2/c1-34-24-15-21-23(16-25(24)35-2)32-27(30-14-11-19-7-5-6-12-28-19)33-26(21)29-13-10-18-17-31-22-9-4-3-8-20(18)22;1-26-17-9-14-16(10-18(17)27-2)24-20(21)25-19(14)22-8-7-12-11-23-15-6-4-3-5-13(12)15;8-5-4-7-3-1-2-6-9-7/h3-9,12,15-17,31H,10-11,13-14H2,1-2H3,(H2,29,30,32,33);3-6,9-11,23H,7-8H2,1-2H3,(H,22,24,25);1-3,6H,4-5,8H2. The molecule has 6 heterocycles. The van der Waals surface area contributed by atoms with Crippen molar-refractivity contribution >= 4 is 72.8 Å². The van der Waals surface area contributed by atoms with Crippen LogP contribution < -0.4 is 40.6 Å². The smallest absolute Gasteiger partial charge is 0.225 e. The number of pyridine rings is 2. The van der Waals surface area contributed by atoms with Crippen molar-refractivity contribution in [1.82, 2.24) is 39.9 Å². The van der Waals surface area contributed by atoms with Crippen LogP contribution in [0.2, 0.25) is 5.28 Å². The summed E-state index contributed by atoms with van der Waals surface area (Å²) in [6, 6.07) is 35.8. The van der Waals surface area contributed by atoms with Crippen molar-refractivity contribution in [2.45, 2.75) is 25.7 Å². The Balaban J connectivity index is 0.000000166. The summed E-state index contributed by atoms with van der Waals surface area (Å²) in [7, 11) is 6.44. The molecule has 0 spiro atoms. The van der Waals surface area contributed by atoms with Gasteiger partial charge in [0.2, 0.25) is 11.2 Å². The van der Waals surface area contributed by atoms with Gasteiger partial charge in [0.1, 0.15) is 11.6 Å². The van der Waals surface area contributed by atoms with Gasteiger partial charge in [-0.05, 0) is 90.6 Å². The van der Waals surface area contributed by atoms with Crippen molar-refractivity contribution in [2.75, 3.05) is 70.6 Å². The summed E-state index contributed by atoms with van der Waals surface area (Å²) in [4.78, 5) is 33.3. The van der Waals surface area contributed by atoms with Crippen molar-refractivity contribution in [3.05, 3.63) is 162 Å². The lowest BCUT2D eigenvalue weighted by molar-refractivity contribution is 0.356. The van der Waals surface area contributed by atoms with E-state index in [1.54, 1.807) is 46.9 Å². The van der Waals surface area contributed by atoms with Gasteiger partial charge in [-0.3, -0.25) is 9.97 Å². The summed E-state index contributed by atoms with van der Waals surface area (Å²) in [5.74, 6) is 4.46. The number of H-pyrrole nitrogens is 2. The van der Waals surface area contributed by atoms with Gasteiger partial charge in [-0.25, -0.2) is 15.0 Å². The molecule has 364 valence electrons. The molecule has 0 bridgehead atoms. The first kappa shape index (κ1) is 49.2. The van der Waals surface area contributed by atoms with Gasteiger partial charge >= 0.3 is 0 Å². The molecule has 0 fully saturated rings. The van der Waals surface area contributed by atoms with Gasteiger partial charge in [0, 0.05) is 113 Å². The molecular formula is C54H57ClN12O4. The summed E-state index contributed by atoms with van der Waals surface area (Å²) in [6.45, 7) is 2.77. The normalized spacial score (nSPS) is 10.8. The molecule has 0 saturated heterocycles. The number of anilines is 3. The maximum absolute atomic E-state index is 6.11. The number of hydrogen-bond acceptors (Lipinski definition) is 14. The second-order valence-corrected chi connectivity index (χ2v) is 16.5. The van der Waals surface area contributed by atoms with E-state index in [9.17, 15) is 0 Å². The van der Waals surface area contributed by atoms with E-state index in [0.717, 1.165) is 76.8 Å². The maximum atomic E-state index is 6.11. The van der Waals surface area contributed by atoms with Gasteiger partial charge in [0.05, 0.1) is 39.5 Å². The Morgan fingerprint density at radius 3 is 1.46 bits per heavy atom. The van der Waals surface area contributed by atoms with Crippen molar-refractivity contribution in [3.8, 4) is 23.0 Å². The van der Waals surface area contributed by atoms with Crippen molar-refractivity contribution in [3.63, 3.8) is 0 Å². The number of nitrogens with two attached hydrogens (primary N) is 1. The third-order valence-electron chi connectivity index (χ3n) is 11.6. The van der Waals surface area contributed by atoms with E-state index >= 15 is 0 Å². The van der Waals surface area contributed by atoms with E-state index in [-0.39, 0.29) is 5.28 Å². The van der Waals surface area contributed by atoms with Crippen molar-refractivity contribution < 1.29 is 18.9 Å². The minimum atomic E-state index is 0.185. The van der Waals surface area contributed by atoms with Crippen LogP contribution in [0.3, 0.4) is 0 Å². The minimum Gasteiger partial charge on any atom is -0.493 e. The Kier molecular flexibility index (Phi) is 16.9. The van der Waals surface area contributed by atoms with Crippen LogP contribution in [0.4, 0.5) is 17.6 Å². The Morgan fingerprint density at radius 1 is 0.493 bits per heavy atom. The maximum Gasteiger partial charge on any atom is 0.225 e. The number of benzene rings is 4. The van der Waals surface area contributed by atoms with Gasteiger partial charge in [-0.15, -0.1) is 0 Å². The zero-order chi connectivity index (χ0) is 49.4. The van der Waals surface area contributed by atoms with E-state index in [0.29, 0.717) is 59.9 Å². The zero-order valence-corrected chi connectivity index (χ0v) is 40.9. The van der Waals surface area contributed by atoms with Crippen LogP contribution in [0.5, 0.6) is 23.0 Å². The highest BCUT2D eigenvalue weighted by molar-refractivity contribution is 6.28. The molecule has 71 heavy (non-hydrogen) atoms. The van der Waals surface area contributed by atoms with Crippen LogP contribution in [-0.2, 0) is 25.7 Å². The Hall–Kier alpha value is -8.21. The first-order valence-electron chi connectivity index (χ1n) is 23.2. The summed E-state index contributed by atoms with van der Waals surface area (Å²) < 4.78 is 21.8. The van der Waals surface area contributed by atoms with Gasteiger partial charge in [0.25, 0.3) is 0 Å². The van der Waals surface area contributed by atoms with Crippen LogP contribution >= 0.6 is 11.6 Å². The van der Waals surface area contributed by atoms with E-state index in [2.05, 4.69) is 82.4 Å². The molecule has 0 atom stereocenters. The predicted molar refractivity (Wildman–Crippen MR) is 285 cm³/mol. The number of aromatic nitrogens is 8. The van der Waals surface area contributed by atoms with Crippen molar-refractivity contribution in [2.24, 2.45) is 5.73 Å². The second-order valence-electron chi connectivity index (χ2n) is 16.1. The first-order chi connectivity index (χ1) is 34.9. The predicted octanol–water partition coefficient (Wildman–Crippen LogP) is 9.85. The van der Waals surface area contributed by atoms with Gasteiger partial charge < -0.3 is 50.6 Å². The lowest BCUT2D eigenvalue weighted by Gasteiger charge is -2.14. The van der Waals surface area contributed by atoms with E-state index < -0.39 is 0 Å². The molecule has 10 rings (SSSR count). The number of fused-ring (bicyclic) bond motifs is 4. The van der Waals surface area contributed by atoms with Gasteiger partial charge in [-0.1, -0.05) is 48.5 Å². The molecule has 4 aromatic carbocycles. The van der Waals surface area contributed by atoms with Crippen molar-refractivity contribution in [1.29, 1.82) is 0 Å². The molecule has 0 amide bonds. The highest BCUT2D eigenvalue weighted by atomic mass is 35.5. The van der Waals surface area contributed by atoms with Gasteiger partial charge in [-0.2, -0.15) is 4.98 Å². The molecule has 0 unspecified atom stereocenters. The molecule has 6 aromatic heterocycles. The molecule has 0 radical (unpaired) electrons. The highest BCUT2D eigenvalue weighted by Crippen LogP contribution is 2.36. The Bertz CT molecular complexity index is 3300. The number of para-hydroxylation sites is 2. The monoisotopic (exact) mass is 972 g/mol. The number of rotatable bonds is 18. The van der Waals surface area contributed by atoms with Crippen LogP contribution in [0.25, 0.3) is 43.6 Å². The SMILES string of the molecule is COc1cc2nc(Cl)nc(NCCc3c[nH]c4ccccc34)c2cc1OC.COc1cc2nc(NCCc3ccccn3)nc(NCCc3c[nH]c4ccccc34)c2cc1OC.NCCc1ccccn1. The van der Waals surface area contributed by atoms with Crippen LogP contribution in [0.1, 0.15) is 22.5 Å². The topological polar surface area (TPSA) is 208 Å². The molecule has 0 saturated carbocycles. The minimum absolute atomic E-state index is 0.185. The molecule has 17 heteroatoms. The lowest BCUT2D eigenvalue weighted by atomic mass is 10.1. The number of halogens is 1. The Labute approximate surface area is 416 Å². The molecular weight excluding hydrogens is 916 g/mol. The van der Waals surface area contributed by atoms with Crippen LogP contribution in [0, 0.1) is 0 Å². The summed E-state index contributed by atoms with van der Waals surface area (Å²) in [6.07, 6.45) is 11.1. The fraction of sp³-hybridized carbons (Fsp3) is 0.222. The molecule has 16 nitrogen and oxygen atoms in total. The molecule has 0 aliphatic rings. The fourth-order valence-corrected chi connectivity index (χ4v) is 8.26. The molecule has 0 aliphatic carbocycles. The van der Waals surface area contributed by atoms with Crippen LogP contribution in [0.15, 0.2) is 134 Å². The van der Waals surface area contributed by atoms with E-state index in [1.807, 2.05) is 79.0 Å². The average molecular weight is 974 g/mol. The lowest BCUT2D eigenvalue weighted by Crippen LogP contribution is -2.12. The summed E-state index contributed by atoms with van der Waals surface area (Å²) >= 11 is 6.11. The van der Waals surface area contributed by atoms with E-state index in [4.69, 9.17) is 46.3 Å². The first-order valence-corrected chi connectivity index (χ1v) is 23.6. The number of nitrogens with one attached hydrogen (secondary N) is 5. The number of hydrogen-bond donors (Lipinski definition) is 6. The fourth-order valence-electron chi connectivity index (χ4n) is 8.08. The molecule has 10 aromatic rings. The molecule has 0 aliphatic heterocycles. The summed E-state index contributed by atoms with van der Waals surface area (Å²) in [5, 5.41) is 14.6. The summed E-state index contributed by atoms with van der Waals surface area (Å²) in [5.41, 5.74) is 13.7. The van der Waals surface area contributed by atoms with Crippen LogP contribution in [-0.4, -0.2) is 94.5 Å². The van der Waals surface area contributed by atoms with Gasteiger partial charge in [0.15, 0.2) is 23.0 Å². The average Bonchev–Trinajstić information content (AvgIpc) is 4.03. The molecule has 7 N–H and O–H groups in total. The quantitative estimate of drug-likeness (QED) is 0.0443. The third kappa shape index (κ3) is 12.5. The number of nitrogens with zero attached hydrogens (tertiary/aromatic N) is 6. The Morgan fingerprint density at radius 2 is 0.958 bits per heavy atom. The number of aromatic amines is 2. The zero-order valence-electron chi connectivity index (χ0n) is 40.1. The number of ether oxygens (including phenoxy) is 4. The third-order valence-corrected chi connectivity index (χ3v) is 11.8.